The summed E-state index contributed by atoms with van der Waals surface area (Å²) < 4.78 is 0. The molecular weight excluding hydrogens is 142 g/mol. The summed E-state index contributed by atoms with van der Waals surface area (Å²) in [6, 6.07) is 0. The van der Waals surface area contributed by atoms with Gasteiger partial charge in [0, 0.05) is 12.4 Å². The van der Waals surface area contributed by atoms with Crippen LogP contribution >= 0.6 is 11.6 Å². The Balaban J connectivity index is 3.26. The van der Waals surface area contributed by atoms with Gasteiger partial charge in [0.05, 0.1) is 6.54 Å². The van der Waals surface area contributed by atoms with Gasteiger partial charge in [-0.2, -0.15) is 0 Å². The highest BCUT2D eigenvalue weighted by Gasteiger charge is 2.01. The van der Waals surface area contributed by atoms with Gasteiger partial charge >= 0.3 is 5.97 Å². The van der Waals surface area contributed by atoms with Crippen LogP contribution in [0.3, 0.4) is 0 Å². The molecule has 0 aliphatic heterocycles. The Bertz CT molecular complexity index is 97.0. The Morgan fingerprint density at radius 2 is 2.33 bits per heavy atom. The van der Waals surface area contributed by atoms with E-state index in [4.69, 9.17) is 16.7 Å². The van der Waals surface area contributed by atoms with Crippen LogP contribution in [0.25, 0.3) is 0 Å². The Morgan fingerprint density at radius 3 is 2.67 bits per heavy atom. The van der Waals surface area contributed by atoms with Crippen molar-refractivity contribution in [3.63, 3.8) is 0 Å². The van der Waals surface area contributed by atoms with Gasteiger partial charge in [0.2, 0.25) is 0 Å². The lowest BCUT2D eigenvalue weighted by Gasteiger charge is -2.09. The number of likely N-dealkylation sites (N-methyl/N-ethyl adjacent to an activating group) is 1. The number of hydrogen-bond acceptors (Lipinski definition) is 2. The van der Waals surface area contributed by atoms with Gasteiger partial charge in [-0.05, 0) is 7.05 Å². The van der Waals surface area contributed by atoms with Crippen LogP contribution in [0, 0.1) is 0 Å². The van der Waals surface area contributed by atoms with Gasteiger partial charge in [-0.3, -0.25) is 9.69 Å². The SMILES string of the molecule is CN(CCCl)CC(=O)O. The van der Waals surface area contributed by atoms with Crippen LogP contribution in [0.4, 0.5) is 0 Å². The molecule has 0 aromatic carbocycles. The van der Waals surface area contributed by atoms with E-state index in [0.29, 0.717) is 12.4 Å². The second kappa shape index (κ2) is 4.58. The first-order valence-corrected chi connectivity index (χ1v) is 3.16. The molecule has 0 aromatic heterocycles. The molecule has 0 saturated carbocycles. The number of carboxylic acid groups (broad SMARTS) is 1. The van der Waals surface area contributed by atoms with Crippen molar-refractivity contribution in [2.75, 3.05) is 26.0 Å². The van der Waals surface area contributed by atoms with E-state index >= 15 is 0 Å². The number of rotatable bonds is 4. The molecule has 0 aromatic rings. The van der Waals surface area contributed by atoms with Crippen LogP contribution in [-0.4, -0.2) is 42.0 Å². The number of hydrogen-bond donors (Lipinski definition) is 1. The molecule has 4 heteroatoms. The summed E-state index contributed by atoms with van der Waals surface area (Å²) in [4.78, 5) is 11.6. The molecule has 0 saturated heterocycles. The topological polar surface area (TPSA) is 40.5 Å². The molecule has 0 unspecified atom stereocenters. The monoisotopic (exact) mass is 151 g/mol. The van der Waals surface area contributed by atoms with Crippen molar-refractivity contribution < 1.29 is 9.90 Å². The van der Waals surface area contributed by atoms with E-state index in [1.165, 1.54) is 0 Å². The van der Waals surface area contributed by atoms with E-state index in [9.17, 15) is 4.79 Å². The molecule has 0 fully saturated rings. The van der Waals surface area contributed by atoms with Gasteiger partial charge in [-0.25, -0.2) is 0 Å². The van der Waals surface area contributed by atoms with Crippen molar-refractivity contribution in [1.82, 2.24) is 4.90 Å². The van der Waals surface area contributed by atoms with E-state index in [1.54, 1.807) is 11.9 Å². The third-order valence-corrected chi connectivity index (χ3v) is 1.04. The molecule has 54 valence electrons. The minimum atomic E-state index is -0.817. The standard InChI is InChI=1S/C5H10ClNO2/c1-7(3-2-6)4-5(8)9/h2-4H2,1H3,(H,8,9). The van der Waals surface area contributed by atoms with Crippen LogP contribution in [0.2, 0.25) is 0 Å². The number of carbonyl (C=O) groups is 1. The second-order valence-electron chi connectivity index (χ2n) is 1.82. The average molecular weight is 152 g/mol. The van der Waals surface area contributed by atoms with Crippen LogP contribution in [-0.2, 0) is 4.79 Å². The molecule has 0 spiro atoms. The normalized spacial score (nSPS) is 10.1. The molecular formula is C5H10ClNO2. The number of halogens is 1. The van der Waals surface area contributed by atoms with Crippen molar-refractivity contribution in [3.05, 3.63) is 0 Å². The molecule has 0 bridgehead atoms. The summed E-state index contributed by atoms with van der Waals surface area (Å²) in [5.74, 6) is -0.341. The number of aliphatic carboxylic acids is 1. The van der Waals surface area contributed by atoms with Crippen molar-refractivity contribution >= 4 is 17.6 Å². The number of carboxylic acids is 1. The third kappa shape index (κ3) is 5.59. The smallest absolute Gasteiger partial charge is 0.317 e. The Labute approximate surface area is 59.2 Å². The van der Waals surface area contributed by atoms with Crippen LogP contribution in [0.5, 0.6) is 0 Å². The molecule has 0 atom stereocenters. The highest BCUT2D eigenvalue weighted by Crippen LogP contribution is 1.83. The predicted octanol–water partition coefficient (Wildman–Crippen LogP) is 0.242. The van der Waals surface area contributed by atoms with Gasteiger partial charge in [0.15, 0.2) is 0 Å². The van der Waals surface area contributed by atoms with Crippen molar-refractivity contribution in [3.8, 4) is 0 Å². The second-order valence-corrected chi connectivity index (χ2v) is 2.20. The van der Waals surface area contributed by atoms with E-state index < -0.39 is 5.97 Å². The van der Waals surface area contributed by atoms with E-state index in [1.807, 2.05) is 0 Å². The maximum Gasteiger partial charge on any atom is 0.317 e. The fourth-order valence-corrected chi connectivity index (χ4v) is 0.743. The quantitative estimate of drug-likeness (QED) is 0.586. The van der Waals surface area contributed by atoms with E-state index in [2.05, 4.69) is 0 Å². The lowest BCUT2D eigenvalue weighted by molar-refractivity contribution is -0.137. The molecule has 1 N–H and O–H groups in total. The first-order valence-electron chi connectivity index (χ1n) is 2.63. The molecule has 0 amide bonds. The zero-order chi connectivity index (χ0) is 7.28. The highest BCUT2D eigenvalue weighted by atomic mass is 35.5. The number of nitrogens with zero attached hydrogens (tertiary/aromatic N) is 1. The summed E-state index contributed by atoms with van der Waals surface area (Å²) in [5.41, 5.74) is 0. The minimum Gasteiger partial charge on any atom is -0.480 e. The Hall–Kier alpha value is -0.280. The first kappa shape index (κ1) is 8.72. The number of alkyl halides is 1. The van der Waals surface area contributed by atoms with Crippen LogP contribution in [0.15, 0.2) is 0 Å². The van der Waals surface area contributed by atoms with Gasteiger partial charge < -0.3 is 5.11 Å². The molecule has 0 radical (unpaired) electrons. The zero-order valence-electron chi connectivity index (χ0n) is 5.30. The van der Waals surface area contributed by atoms with Crippen LogP contribution in [0.1, 0.15) is 0 Å². The Kier molecular flexibility index (Phi) is 4.44. The van der Waals surface area contributed by atoms with Crippen molar-refractivity contribution in [2.24, 2.45) is 0 Å². The Morgan fingerprint density at radius 1 is 1.78 bits per heavy atom. The van der Waals surface area contributed by atoms with Crippen molar-refractivity contribution in [1.29, 1.82) is 0 Å². The lowest BCUT2D eigenvalue weighted by atomic mass is 10.5. The van der Waals surface area contributed by atoms with Gasteiger partial charge in [-0.15, -0.1) is 11.6 Å². The molecule has 0 aliphatic rings. The van der Waals surface area contributed by atoms with E-state index in [-0.39, 0.29) is 6.54 Å². The molecule has 0 rings (SSSR count). The van der Waals surface area contributed by atoms with Gasteiger partial charge in [-0.1, -0.05) is 0 Å². The third-order valence-electron chi connectivity index (χ3n) is 0.871. The van der Waals surface area contributed by atoms with Crippen LogP contribution < -0.4 is 0 Å². The highest BCUT2D eigenvalue weighted by molar-refractivity contribution is 6.18. The summed E-state index contributed by atoms with van der Waals surface area (Å²) in [6.07, 6.45) is 0. The maximum atomic E-state index is 10.00. The zero-order valence-corrected chi connectivity index (χ0v) is 6.06. The van der Waals surface area contributed by atoms with Crippen molar-refractivity contribution in [2.45, 2.75) is 0 Å². The van der Waals surface area contributed by atoms with Gasteiger partial charge in [0.25, 0.3) is 0 Å². The largest absolute Gasteiger partial charge is 0.480 e. The molecule has 0 heterocycles. The summed E-state index contributed by atoms with van der Waals surface area (Å²) in [5, 5.41) is 8.23. The van der Waals surface area contributed by atoms with Gasteiger partial charge in [0.1, 0.15) is 0 Å². The molecule has 0 aliphatic carbocycles. The summed E-state index contributed by atoms with van der Waals surface area (Å²) >= 11 is 5.35. The molecule has 3 nitrogen and oxygen atoms in total. The lowest BCUT2D eigenvalue weighted by Crippen LogP contribution is -2.27. The average Bonchev–Trinajstić information content (AvgIpc) is 1.63. The fourth-order valence-electron chi connectivity index (χ4n) is 0.454. The van der Waals surface area contributed by atoms with E-state index in [0.717, 1.165) is 0 Å². The molecule has 9 heavy (non-hydrogen) atoms. The minimum absolute atomic E-state index is 0.0622. The maximum absolute atomic E-state index is 10.00. The first-order chi connectivity index (χ1) is 4.16. The predicted molar refractivity (Wildman–Crippen MR) is 35.9 cm³/mol. The summed E-state index contributed by atoms with van der Waals surface area (Å²) in [7, 11) is 1.72. The summed E-state index contributed by atoms with van der Waals surface area (Å²) in [6.45, 7) is 0.681. The fraction of sp³-hybridized carbons (Fsp3) is 0.800.